The molecule has 4 rings (SSSR count). The van der Waals surface area contributed by atoms with Crippen LogP contribution in [0.2, 0.25) is 0 Å². The van der Waals surface area contributed by atoms with Crippen molar-refractivity contribution < 1.29 is 4.39 Å². The quantitative estimate of drug-likeness (QED) is 0.542. The van der Waals surface area contributed by atoms with Gasteiger partial charge in [0, 0.05) is 7.05 Å². The van der Waals surface area contributed by atoms with Gasteiger partial charge in [-0.3, -0.25) is 14.0 Å². The van der Waals surface area contributed by atoms with E-state index >= 15 is 0 Å². The van der Waals surface area contributed by atoms with Crippen molar-refractivity contribution in [3.05, 3.63) is 58.3 Å². The third kappa shape index (κ3) is 2.47. The van der Waals surface area contributed by atoms with Gasteiger partial charge >= 0.3 is 0 Å². The molecule has 0 atom stereocenters. The predicted molar refractivity (Wildman–Crippen MR) is 85.7 cm³/mol. The molecule has 0 spiro atoms. The minimum atomic E-state index is -0.452. The summed E-state index contributed by atoms with van der Waals surface area (Å²) in [5.41, 5.74) is 1.32. The Kier molecular flexibility index (Phi) is 3.38. The molecule has 0 bridgehead atoms. The molecule has 0 saturated heterocycles. The maximum atomic E-state index is 14.1. The van der Waals surface area contributed by atoms with Crippen molar-refractivity contribution in [2.45, 2.75) is 13.5 Å². The summed E-state index contributed by atoms with van der Waals surface area (Å²) in [6, 6.07) is 4.65. The Morgan fingerprint density at radius 1 is 1.28 bits per heavy atom. The molecule has 0 fully saturated rings. The van der Waals surface area contributed by atoms with Crippen molar-refractivity contribution in [2.75, 3.05) is 0 Å². The SMILES string of the molecule is Cc1ccc(F)c(-n2nnnc2Cn2cnc3c(cnn3C)c2=O)c1. The Morgan fingerprint density at radius 3 is 2.96 bits per heavy atom. The normalized spacial score (nSPS) is 11.3. The molecule has 0 aliphatic heterocycles. The highest BCUT2D eigenvalue weighted by Crippen LogP contribution is 2.15. The molecule has 126 valence electrons. The fourth-order valence-electron chi connectivity index (χ4n) is 2.61. The van der Waals surface area contributed by atoms with Crippen LogP contribution in [0.4, 0.5) is 4.39 Å². The molecule has 1 aromatic carbocycles. The molecule has 3 aromatic heterocycles. The summed E-state index contributed by atoms with van der Waals surface area (Å²) in [4.78, 5) is 16.8. The fraction of sp³-hybridized carbons (Fsp3) is 0.200. The second-order valence-corrected chi connectivity index (χ2v) is 5.64. The van der Waals surface area contributed by atoms with Crippen LogP contribution >= 0.6 is 0 Å². The molecular weight excluding hydrogens is 327 g/mol. The van der Waals surface area contributed by atoms with Crippen molar-refractivity contribution in [3.8, 4) is 5.69 Å². The van der Waals surface area contributed by atoms with E-state index in [1.807, 2.05) is 6.92 Å². The Bertz CT molecular complexity index is 1140. The van der Waals surface area contributed by atoms with Gasteiger partial charge in [-0.1, -0.05) is 6.07 Å². The number of nitrogens with zero attached hydrogens (tertiary/aromatic N) is 8. The minimum Gasteiger partial charge on any atom is -0.291 e. The van der Waals surface area contributed by atoms with E-state index in [4.69, 9.17) is 0 Å². The zero-order valence-electron chi connectivity index (χ0n) is 13.5. The minimum absolute atomic E-state index is 0.0526. The van der Waals surface area contributed by atoms with Gasteiger partial charge < -0.3 is 0 Å². The molecule has 0 saturated carbocycles. The lowest BCUT2D eigenvalue weighted by Crippen LogP contribution is -2.23. The number of benzene rings is 1. The van der Waals surface area contributed by atoms with E-state index in [1.54, 1.807) is 19.2 Å². The van der Waals surface area contributed by atoms with Crippen LogP contribution in [0.15, 0.2) is 35.5 Å². The number of tetrazole rings is 1. The van der Waals surface area contributed by atoms with Gasteiger partial charge in [0.15, 0.2) is 11.5 Å². The van der Waals surface area contributed by atoms with E-state index in [0.29, 0.717) is 16.9 Å². The number of aromatic nitrogens is 8. The summed E-state index contributed by atoms with van der Waals surface area (Å²) >= 11 is 0. The van der Waals surface area contributed by atoms with Gasteiger partial charge in [-0.05, 0) is 35.0 Å². The van der Waals surface area contributed by atoms with Crippen LogP contribution in [-0.2, 0) is 13.6 Å². The van der Waals surface area contributed by atoms with E-state index < -0.39 is 5.82 Å². The summed E-state index contributed by atoms with van der Waals surface area (Å²) in [6.45, 7) is 1.90. The largest absolute Gasteiger partial charge is 0.291 e. The highest BCUT2D eigenvalue weighted by Gasteiger charge is 2.15. The van der Waals surface area contributed by atoms with Crippen LogP contribution in [-0.4, -0.2) is 39.5 Å². The first-order chi connectivity index (χ1) is 12.0. The third-order valence-electron chi connectivity index (χ3n) is 3.89. The van der Waals surface area contributed by atoms with E-state index in [0.717, 1.165) is 5.56 Å². The Labute approximate surface area is 140 Å². The van der Waals surface area contributed by atoms with Crippen LogP contribution in [0.1, 0.15) is 11.4 Å². The maximum absolute atomic E-state index is 14.1. The highest BCUT2D eigenvalue weighted by atomic mass is 19.1. The van der Waals surface area contributed by atoms with Gasteiger partial charge in [-0.2, -0.15) is 9.78 Å². The topological polar surface area (TPSA) is 96.3 Å². The number of aryl methyl sites for hydroxylation is 2. The van der Waals surface area contributed by atoms with Crippen LogP contribution in [0.5, 0.6) is 0 Å². The van der Waals surface area contributed by atoms with E-state index in [-0.39, 0.29) is 17.8 Å². The summed E-state index contributed by atoms with van der Waals surface area (Å²) in [6.07, 6.45) is 2.86. The summed E-state index contributed by atoms with van der Waals surface area (Å²) in [5.74, 6) is -0.135. The first kappa shape index (κ1) is 15.1. The predicted octanol–water partition coefficient (Wildman–Crippen LogP) is 0.602. The lowest BCUT2D eigenvalue weighted by Gasteiger charge is -2.08. The standard InChI is InChI=1S/C15H13FN8O/c1-9-3-4-11(16)12(5-9)24-13(19-20-21-24)7-23-8-17-14-10(15(23)25)6-18-22(14)2/h3-6,8H,7H2,1-2H3. The molecule has 0 N–H and O–H groups in total. The van der Waals surface area contributed by atoms with Gasteiger partial charge in [0.2, 0.25) is 0 Å². The molecule has 3 heterocycles. The molecule has 9 nitrogen and oxygen atoms in total. The second-order valence-electron chi connectivity index (χ2n) is 5.64. The zero-order valence-corrected chi connectivity index (χ0v) is 13.5. The first-order valence-electron chi connectivity index (χ1n) is 7.45. The van der Waals surface area contributed by atoms with Crippen LogP contribution in [0, 0.1) is 12.7 Å². The molecular formula is C15H13FN8O. The molecule has 25 heavy (non-hydrogen) atoms. The van der Waals surface area contributed by atoms with Crippen molar-refractivity contribution in [1.82, 2.24) is 39.5 Å². The third-order valence-corrected chi connectivity index (χ3v) is 3.89. The first-order valence-corrected chi connectivity index (χ1v) is 7.45. The van der Waals surface area contributed by atoms with Gasteiger partial charge in [-0.15, -0.1) is 5.10 Å². The van der Waals surface area contributed by atoms with Gasteiger partial charge in [0.25, 0.3) is 5.56 Å². The van der Waals surface area contributed by atoms with Crippen molar-refractivity contribution >= 4 is 11.0 Å². The Morgan fingerprint density at radius 2 is 2.12 bits per heavy atom. The number of fused-ring (bicyclic) bond motifs is 1. The number of hydrogen-bond acceptors (Lipinski definition) is 6. The van der Waals surface area contributed by atoms with E-state index in [9.17, 15) is 9.18 Å². The average molecular weight is 340 g/mol. The maximum Gasteiger partial charge on any atom is 0.264 e. The van der Waals surface area contributed by atoms with Gasteiger partial charge in [0.05, 0.1) is 12.7 Å². The zero-order chi connectivity index (χ0) is 17.6. The highest BCUT2D eigenvalue weighted by molar-refractivity contribution is 5.72. The lowest BCUT2D eigenvalue weighted by molar-refractivity contribution is 0.595. The Balaban J connectivity index is 1.78. The molecule has 0 aliphatic carbocycles. The number of hydrogen-bond donors (Lipinski definition) is 0. The molecule has 0 amide bonds. The summed E-state index contributed by atoms with van der Waals surface area (Å²) < 4.78 is 18.3. The number of halogens is 1. The van der Waals surface area contributed by atoms with Crippen molar-refractivity contribution in [2.24, 2.45) is 7.05 Å². The lowest BCUT2D eigenvalue weighted by atomic mass is 10.2. The van der Waals surface area contributed by atoms with Crippen molar-refractivity contribution in [3.63, 3.8) is 0 Å². The monoisotopic (exact) mass is 340 g/mol. The van der Waals surface area contributed by atoms with Crippen LogP contribution in [0.25, 0.3) is 16.7 Å². The van der Waals surface area contributed by atoms with Crippen molar-refractivity contribution in [1.29, 1.82) is 0 Å². The van der Waals surface area contributed by atoms with Crippen LogP contribution < -0.4 is 5.56 Å². The molecule has 4 aromatic rings. The van der Waals surface area contributed by atoms with E-state index in [1.165, 1.54) is 32.5 Å². The van der Waals surface area contributed by atoms with E-state index in [2.05, 4.69) is 25.6 Å². The Hall–Kier alpha value is -3.43. The molecule has 0 radical (unpaired) electrons. The average Bonchev–Trinajstić information content (AvgIpc) is 3.20. The molecule has 0 unspecified atom stereocenters. The van der Waals surface area contributed by atoms with Gasteiger partial charge in [0.1, 0.15) is 23.2 Å². The fourth-order valence-corrected chi connectivity index (χ4v) is 2.61. The molecule has 10 heteroatoms. The summed E-state index contributed by atoms with van der Waals surface area (Å²) in [7, 11) is 1.71. The molecule has 0 aliphatic rings. The number of rotatable bonds is 3. The second kappa shape index (κ2) is 5.58. The summed E-state index contributed by atoms with van der Waals surface area (Å²) in [5, 5.41) is 15.8. The smallest absolute Gasteiger partial charge is 0.264 e. The van der Waals surface area contributed by atoms with Gasteiger partial charge in [-0.25, -0.2) is 9.37 Å². The van der Waals surface area contributed by atoms with Crippen LogP contribution in [0.3, 0.4) is 0 Å².